The van der Waals surface area contributed by atoms with Gasteiger partial charge in [-0.05, 0) is 49.1 Å². The van der Waals surface area contributed by atoms with Crippen LogP contribution in [0.1, 0.15) is 23.2 Å². The van der Waals surface area contributed by atoms with E-state index in [1.165, 1.54) is 36.2 Å². The highest BCUT2D eigenvalue weighted by Crippen LogP contribution is 2.27. The van der Waals surface area contributed by atoms with Crippen LogP contribution < -0.4 is 10.2 Å². The van der Waals surface area contributed by atoms with Gasteiger partial charge >= 0.3 is 0 Å². The summed E-state index contributed by atoms with van der Waals surface area (Å²) >= 11 is 0. The Morgan fingerprint density at radius 1 is 1.25 bits per heavy atom. The van der Waals surface area contributed by atoms with Crippen LogP contribution in [0.25, 0.3) is 0 Å². The van der Waals surface area contributed by atoms with Crippen LogP contribution in [-0.4, -0.2) is 18.6 Å². The van der Waals surface area contributed by atoms with E-state index in [2.05, 4.69) is 46.5 Å². The van der Waals surface area contributed by atoms with Gasteiger partial charge in [0.15, 0.2) is 0 Å². The summed E-state index contributed by atoms with van der Waals surface area (Å²) < 4.78 is 0. The molecule has 0 radical (unpaired) electrons. The van der Waals surface area contributed by atoms with Crippen molar-refractivity contribution in [1.29, 1.82) is 0 Å². The first-order valence-corrected chi connectivity index (χ1v) is 7.22. The third kappa shape index (κ3) is 2.77. The summed E-state index contributed by atoms with van der Waals surface area (Å²) in [5.74, 6) is 0. The van der Waals surface area contributed by atoms with Gasteiger partial charge in [-0.15, -0.1) is 0 Å². The number of nitrogens with zero attached hydrogens (tertiary/aromatic N) is 2. The number of hydrogen-bond acceptors (Lipinski definition) is 3. The maximum Gasteiger partial charge on any atom is 0.0529 e. The zero-order valence-corrected chi connectivity index (χ0v) is 12.2. The first-order valence-electron chi connectivity index (χ1n) is 7.22. The number of aryl methyl sites for hydroxylation is 2. The Bertz CT molecular complexity index is 590. The fraction of sp³-hybridized carbons (Fsp3) is 0.353. The maximum atomic E-state index is 4.30. The van der Waals surface area contributed by atoms with Crippen LogP contribution in [0.3, 0.4) is 0 Å². The second-order valence-corrected chi connectivity index (χ2v) is 5.53. The summed E-state index contributed by atoms with van der Waals surface area (Å²) in [6.45, 7) is 4.02. The van der Waals surface area contributed by atoms with Gasteiger partial charge in [-0.25, -0.2) is 0 Å². The Hall–Kier alpha value is -2.03. The molecule has 20 heavy (non-hydrogen) atoms. The average Bonchev–Trinajstić information content (AvgIpc) is 2.47. The van der Waals surface area contributed by atoms with Crippen molar-refractivity contribution in [2.24, 2.45) is 0 Å². The van der Waals surface area contributed by atoms with E-state index in [0.29, 0.717) is 0 Å². The molecule has 0 aliphatic carbocycles. The highest BCUT2D eigenvalue weighted by Gasteiger charge is 2.13. The van der Waals surface area contributed by atoms with Crippen LogP contribution in [0.15, 0.2) is 36.5 Å². The van der Waals surface area contributed by atoms with Gasteiger partial charge in [-0.1, -0.05) is 12.1 Å². The van der Waals surface area contributed by atoms with Gasteiger partial charge in [-0.3, -0.25) is 4.98 Å². The van der Waals surface area contributed by atoms with Crippen molar-refractivity contribution in [3.63, 3.8) is 0 Å². The van der Waals surface area contributed by atoms with Crippen molar-refractivity contribution in [3.8, 4) is 0 Å². The highest BCUT2D eigenvalue weighted by molar-refractivity contribution is 5.56. The molecule has 104 valence electrons. The first kappa shape index (κ1) is 13.0. The van der Waals surface area contributed by atoms with Crippen LogP contribution in [0.5, 0.6) is 0 Å². The third-order valence-electron chi connectivity index (χ3n) is 3.90. The minimum Gasteiger partial charge on any atom is -0.380 e. The largest absolute Gasteiger partial charge is 0.380 e. The highest BCUT2D eigenvalue weighted by atomic mass is 15.1. The molecule has 0 fully saturated rings. The Labute approximate surface area is 120 Å². The van der Waals surface area contributed by atoms with Gasteiger partial charge in [0.05, 0.1) is 11.9 Å². The van der Waals surface area contributed by atoms with E-state index in [-0.39, 0.29) is 0 Å². The zero-order valence-electron chi connectivity index (χ0n) is 12.2. The van der Waals surface area contributed by atoms with E-state index < -0.39 is 0 Å². The van der Waals surface area contributed by atoms with Gasteiger partial charge < -0.3 is 10.2 Å². The monoisotopic (exact) mass is 267 g/mol. The minimum atomic E-state index is 0.849. The predicted octanol–water partition coefficient (Wildman–Crippen LogP) is 3.38. The molecule has 3 heteroatoms. The maximum absolute atomic E-state index is 4.30. The fourth-order valence-corrected chi connectivity index (χ4v) is 2.73. The topological polar surface area (TPSA) is 28.2 Å². The number of pyridine rings is 1. The van der Waals surface area contributed by atoms with Gasteiger partial charge in [0.2, 0.25) is 0 Å². The molecule has 0 amide bonds. The Morgan fingerprint density at radius 2 is 2.15 bits per heavy atom. The lowest BCUT2D eigenvalue weighted by molar-refractivity contribution is 0.743. The van der Waals surface area contributed by atoms with Crippen LogP contribution in [-0.2, 0) is 13.0 Å². The van der Waals surface area contributed by atoms with Crippen LogP contribution in [0, 0.1) is 6.92 Å². The van der Waals surface area contributed by atoms with Crippen molar-refractivity contribution in [2.75, 3.05) is 23.8 Å². The lowest BCUT2D eigenvalue weighted by Gasteiger charge is -2.27. The van der Waals surface area contributed by atoms with Gasteiger partial charge in [0.25, 0.3) is 0 Å². The van der Waals surface area contributed by atoms with E-state index in [9.17, 15) is 0 Å². The molecular formula is C17H21N3. The fourth-order valence-electron chi connectivity index (χ4n) is 2.73. The molecule has 0 spiro atoms. The van der Waals surface area contributed by atoms with Gasteiger partial charge in [0.1, 0.15) is 0 Å². The average molecular weight is 267 g/mol. The van der Waals surface area contributed by atoms with Crippen molar-refractivity contribution < 1.29 is 0 Å². The molecule has 1 N–H and O–H groups in total. The number of benzene rings is 1. The molecule has 0 atom stereocenters. The van der Waals surface area contributed by atoms with E-state index in [1.54, 1.807) is 0 Å². The van der Waals surface area contributed by atoms with E-state index in [0.717, 1.165) is 17.9 Å². The van der Waals surface area contributed by atoms with Crippen LogP contribution >= 0.6 is 0 Å². The summed E-state index contributed by atoms with van der Waals surface area (Å²) in [4.78, 5) is 6.65. The summed E-state index contributed by atoms with van der Waals surface area (Å²) in [6, 6.07) is 10.9. The molecular weight excluding hydrogens is 246 g/mol. The molecule has 3 nitrogen and oxygen atoms in total. The molecule has 1 aliphatic heterocycles. The quantitative estimate of drug-likeness (QED) is 0.924. The molecule has 0 unspecified atom stereocenters. The Morgan fingerprint density at radius 3 is 2.95 bits per heavy atom. The van der Waals surface area contributed by atoms with Crippen molar-refractivity contribution in [3.05, 3.63) is 53.3 Å². The summed E-state index contributed by atoms with van der Waals surface area (Å²) in [5, 5.41) is 3.43. The van der Waals surface area contributed by atoms with E-state index in [1.807, 2.05) is 19.2 Å². The van der Waals surface area contributed by atoms with E-state index >= 15 is 0 Å². The lowest BCUT2D eigenvalue weighted by atomic mass is 9.99. The smallest absolute Gasteiger partial charge is 0.0529 e. The Kier molecular flexibility index (Phi) is 3.59. The van der Waals surface area contributed by atoms with Crippen molar-refractivity contribution in [2.45, 2.75) is 26.3 Å². The standard InChI is InChI=1S/C17H21N3/c1-13-5-7-16(12-18-13)19-11-14-6-8-17-15(10-14)4-3-9-20(17)2/h5-8,10,12,19H,3-4,9,11H2,1-2H3. The molecule has 1 aromatic heterocycles. The number of nitrogens with one attached hydrogen (secondary N) is 1. The number of hydrogen-bond donors (Lipinski definition) is 1. The number of anilines is 2. The molecule has 0 saturated heterocycles. The predicted molar refractivity (Wildman–Crippen MR) is 84.3 cm³/mol. The van der Waals surface area contributed by atoms with Crippen molar-refractivity contribution >= 4 is 11.4 Å². The second kappa shape index (κ2) is 5.53. The SMILES string of the molecule is Cc1ccc(NCc2ccc3c(c2)CCCN3C)cn1. The Balaban J connectivity index is 1.70. The van der Waals surface area contributed by atoms with Crippen LogP contribution in [0.4, 0.5) is 11.4 Å². The molecule has 2 aromatic rings. The summed E-state index contributed by atoms with van der Waals surface area (Å²) in [7, 11) is 2.17. The van der Waals surface area contributed by atoms with E-state index in [4.69, 9.17) is 0 Å². The minimum absolute atomic E-state index is 0.849. The van der Waals surface area contributed by atoms with Gasteiger partial charge in [-0.2, -0.15) is 0 Å². The second-order valence-electron chi connectivity index (χ2n) is 5.53. The molecule has 0 bridgehead atoms. The number of rotatable bonds is 3. The van der Waals surface area contributed by atoms with Crippen molar-refractivity contribution in [1.82, 2.24) is 4.98 Å². The molecule has 1 aliphatic rings. The zero-order chi connectivity index (χ0) is 13.9. The summed E-state index contributed by atoms with van der Waals surface area (Å²) in [5.41, 5.74) is 6.31. The molecule has 2 heterocycles. The summed E-state index contributed by atoms with van der Waals surface area (Å²) in [6.07, 6.45) is 4.34. The third-order valence-corrected chi connectivity index (χ3v) is 3.90. The van der Waals surface area contributed by atoms with Crippen LogP contribution in [0.2, 0.25) is 0 Å². The lowest BCUT2D eigenvalue weighted by Crippen LogP contribution is -2.24. The number of aromatic nitrogens is 1. The van der Waals surface area contributed by atoms with Gasteiger partial charge in [0, 0.05) is 31.5 Å². The molecule has 1 aromatic carbocycles. The first-order chi connectivity index (χ1) is 9.72. The number of fused-ring (bicyclic) bond motifs is 1. The normalized spacial score (nSPS) is 14.0. The molecule has 0 saturated carbocycles. The molecule has 3 rings (SSSR count).